The number of benzene rings is 2. The first kappa shape index (κ1) is 16.2. The molecule has 1 aliphatic heterocycles. The number of carbonyl (C=O) groups is 1. The Morgan fingerprint density at radius 2 is 1.96 bits per heavy atom. The Balaban J connectivity index is 1.99. The molecule has 7 heteroatoms. The molecule has 2 N–H and O–H groups in total. The van der Waals surface area contributed by atoms with Crippen LogP contribution in [-0.4, -0.2) is 10.9 Å². The van der Waals surface area contributed by atoms with Gasteiger partial charge in [-0.25, -0.2) is 0 Å². The fourth-order valence-electron chi connectivity index (χ4n) is 3.30. The van der Waals surface area contributed by atoms with Crippen LogP contribution in [0.3, 0.4) is 0 Å². The second kappa shape index (κ2) is 5.63. The van der Waals surface area contributed by atoms with Gasteiger partial charge in [0.15, 0.2) is 0 Å². The lowest BCUT2D eigenvalue weighted by Gasteiger charge is -2.08. The molecule has 0 saturated carbocycles. The van der Waals surface area contributed by atoms with Gasteiger partial charge in [0.1, 0.15) is 0 Å². The predicted octanol–water partition coefficient (Wildman–Crippen LogP) is 4.41. The number of carbonyl (C=O) groups excluding carboxylic acids is 1. The molecule has 1 aromatic heterocycles. The van der Waals surface area contributed by atoms with E-state index in [4.69, 9.17) is 5.26 Å². The summed E-state index contributed by atoms with van der Waals surface area (Å²) in [5.74, 6) is -0.295. The Kier molecular flexibility index (Phi) is 3.51. The first-order valence-electron chi connectivity index (χ1n) is 7.88. The molecule has 0 bridgehead atoms. The highest BCUT2D eigenvalue weighted by Crippen LogP contribution is 2.40. The minimum absolute atomic E-state index is 0.0289. The maximum Gasteiger partial charge on any atom is 0.416 e. The zero-order chi connectivity index (χ0) is 18.5. The Morgan fingerprint density at radius 3 is 2.69 bits per heavy atom. The second-order valence-electron chi connectivity index (χ2n) is 6.18. The van der Waals surface area contributed by atoms with Crippen molar-refractivity contribution in [2.24, 2.45) is 0 Å². The predicted molar refractivity (Wildman–Crippen MR) is 90.4 cm³/mol. The van der Waals surface area contributed by atoms with Gasteiger partial charge in [0, 0.05) is 16.5 Å². The van der Waals surface area contributed by atoms with E-state index in [2.05, 4.69) is 16.4 Å². The van der Waals surface area contributed by atoms with Gasteiger partial charge in [0.2, 0.25) is 5.91 Å². The van der Waals surface area contributed by atoms with Crippen molar-refractivity contribution in [2.45, 2.75) is 19.0 Å². The first-order chi connectivity index (χ1) is 12.4. The van der Waals surface area contributed by atoms with Gasteiger partial charge in [-0.05, 0) is 41.5 Å². The Hall–Kier alpha value is -3.27. The standard InChI is InChI=1S/C19H12F3N3O/c20-19(21,22)11-2-4-15-12(8-11)13-9-17(26)24-16-3-1-10(5-6-23)7-14(16)18(13)25-15/h1-4,7-8,25H,5,9H2,(H,24,26). The molecule has 4 nitrogen and oxygen atoms in total. The summed E-state index contributed by atoms with van der Waals surface area (Å²) in [6.45, 7) is 0. The molecule has 3 aromatic rings. The summed E-state index contributed by atoms with van der Waals surface area (Å²) >= 11 is 0. The van der Waals surface area contributed by atoms with Crippen LogP contribution in [0.15, 0.2) is 36.4 Å². The maximum absolute atomic E-state index is 13.1. The molecular weight excluding hydrogens is 343 g/mol. The monoisotopic (exact) mass is 355 g/mol. The maximum atomic E-state index is 13.1. The SMILES string of the molecule is N#CCc1ccc2c(c1)-c1[nH]c3ccc(C(F)(F)F)cc3c1CC(=O)N2. The van der Waals surface area contributed by atoms with Crippen molar-refractivity contribution < 1.29 is 18.0 Å². The topological polar surface area (TPSA) is 68.7 Å². The third-order valence-corrected chi connectivity index (χ3v) is 4.48. The van der Waals surface area contributed by atoms with Crippen LogP contribution in [0, 0.1) is 11.3 Å². The second-order valence-corrected chi connectivity index (χ2v) is 6.18. The lowest BCUT2D eigenvalue weighted by molar-refractivity contribution is -0.137. The van der Waals surface area contributed by atoms with E-state index >= 15 is 0 Å². The average Bonchev–Trinajstić information content (AvgIpc) is 2.86. The van der Waals surface area contributed by atoms with Crippen LogP contribution in [0.2, 0.25) is 0 Å². The minimum Gasteiger partial charge on any atom is -0.354 e. The molecule has 1 aliphatic rings. The Labute approximate surface area is 146 Å². The van der Waals surface area contributed by atoms with Gasteiger partial charge in [-0.3, -0.25) is 4.79 Å². The van der Waals surface area contributed by atoms with E-state index in [1.54, 1.807) is 18.2 Å². The summed E-state index contributed by atoms with van der Waals surface area (Å²) < 4.78 is 39.2. The van der Waals surface area contributed by atoms with E-state index in [0.29, 0.717) is 33.4 Å². The van der Waals surface area contributed by atoms with Gasteiger partial charge in [-0.15, -0.1) is 0 Å². The van der Waals surface area contributed by atoms with Crippen molar-refractivity contribution in [2.75, 3.05) is 5.32 Å². The molecule has 0 saturated heterocycles. The molecule has 0 fully saturated rings. The van der Waals surface area contributed by atoms with E-state index in [-0.39, 0.29) is 18.7 Å². The average molecular weight is 355 g/mol. The number of rotatable bonds is 1. The van der Waals surface area contributed by atoms with Gasteiger partial charge in [0.05, 0.1) is 35.9 Å². The number of fused-ring (bicyclic) bond motifs is 5. The molecule has 1 amide bonds. The zero-order valence-electron chi connectivity index (χ0n) is 13.4. The van der Waals surface area contributed by atoms with Crippen LogP contribution in [0.5, 0.6) is 0 Å². The number of alkyl halides is 3. The molecule has 4 rings (SSSR count). The van der Waals surface area contributed by atoms with E-state index in [1.165, 1.54) is 6.07 Å². The highest BCUT2D eigenvalue weighted by atomic mass is 19.4. The van der Waals surface area contributed by atoms with Crippen molar-refractivity contribution in [1.29, 1.82) is 5.26 Å². The van der Waals surface area contributed by atoms with Crippen LogP contribution in [-0.2, 0) is 23.8 Å². The van der Waals surface area contributed by atoms with Crippen molar-refractivity contribution >= 4 is 22.5 Å². The highest BCUT2D eigenvalue weighted by Gasteiger charge is 2.32. The van der Waals surface area contributed by atoms with Crippen LogP contribution in [0.4, 0.5) is 18.9 Å². The van der Waals surface area contributed by atoms with Gasteiger partial charge < -0.3 is 10.3 Å². The minimum atomic E-state index is -4.46. The quantitative estimate of drug-likeness (QED) is 0.679. The number of aromatic amines is 1. The molecular formula is C19H12F3N3O. The molecule has 0 atom stereocenters. The fraction of sp³-hybridized carbons (Fsp3) is 0.158. The highest BCUT2D eigenvalue weighted by molar-refractivity contribution is 6.05. The number of H-pyrrole nitrogens is 1. The van der Waals surface area contributed by atoms with Crippen molar-refractivity contribution in [1.82, 2.24) is 4.98 Å². The molecule has 0 aliphatic carbocycles. The number of halogens is 3. The summed E-state index contributed by atoms with van der Waals surface area (Å²) in [6, 6.07) is 10.8. The number of hydrogen-bond acceptors (Lipinski definition) is 2. The first-order valence-corrected chi connectivity index (χ1v) is 7.88. The molecule has 0 spiro atoms. The third kappa shape index (κ3) is 2.60. The van der Waals surface area contributed by atoms with Gasteiger partial charge >= 0.3 is 6.18 Å². The van der Waals surface area contributed by atoms with E-state index < -0.39 is 11.7 Å². The van der Waals surface area contributed by atoms with Gasteiger partial charge in [-0.2, -0.15) is 18.4 Å². The molecule has 130 valence electrons. The number of anilines is 1. The zero-order valence-corrected chi connectivity index (χ0v) is 13.4. The van der Waals surface area contributed by atoms with Crippen LogP contribution in [0.1, 0.15) is 16.7 Å². The normalized spacial score (nSPS) is 13.5. The van der Waals surface area contributed by atoms with E-state index in [0.717, 1.165) is 17.7 Å². The summed E-state index contributed by atoms with van der Waals surface area (Å²) in [4.78, 5) is 15.4. The third-order valence-electron chi connectivity index (χ3n) is 4.48. The van der Waals surface area contributed by atoms with Crippen molar-refractivity contribution in [3.63, 3.8) is 0 Å². The van der Waals surface area contributed by atoms with Gasteiger partial charge in [-0.1, -0.05) is 6.07 Å². The molecule has 2 aromatic carbocycles. The number of nitrogens with zero attached hydrogens (tertiary/aromatic N) is 1. The van der Waals surface area contributed by atoms with Crippen LogP contribution < -0.4 is 5.32 Å². The molecule has 0 unspecified atom stereocenters. The molecule has 2 heterocycles. The summed E-state index contributed by atoms with van der Waals surface area (Å²) in [5.41, 5.74) is 2.91. The number of nitrogens with one attached hydrogen (secondary N) is 2. The summed E-state index contributed by atoms with van der Waals surface area (Å²) in [6.07, 6.45) is -4.28. The van der Waals surface area contributed by atoms with E-state index in [1.807, 2.05) is 0 Å². The lowest BCUT2D eigenvalue weighted by Crippen LogP contribution is -2.12. The van der Waals surface area contributed by atoms with Crippen LogP contribution in [0.25, 0.3) is 22.2 Å². The Morgan fingerprint density at radius 1 is 1.15 bits per heavy atom. The largest absolute Gasteiger partial charge is 0.416 e. The van der Waals surface area contributed by atoms with Crippen molar-refractivity contribution in [3.8, 4) is 17.3 Å². The number of amides is 1. The smallest absolute Gasteiger partial charge is 0.354 e. The number of nitriles is 1. The summed E-state index contributed by atoms with van der Waals surface area (Å²) in [7, 11) is 0. The lowest BCUT2D eigenvalue weighted by atomic mass is 10.00. The molecule has 26 heavy (non-hydrogen) atoms. The van der Waals surface area contributed by atoms with Gasteiger partial charge in [0.25, 0.3) is 0 Å². The molecule has 0 radical (unpaired) electrons. The number of aromatic nitrogens is 1. The van der Waals surface area contributed by atoms with Crippen molar-refractivity contribution in [3.05, 3.63) is 53.1 Å². The van der Waals surface area contributed by atoms with E-state index in [9.17, 15) is 18.0 Å². The Bertz CT molecular complexity index is 1090. The summed E-state index contributed by atoms with van der Waals surface area (Å²) in [5, 5.41) is 12.1. The fourth-order valence-corrected chi connectivity index (χ4v) is 3.30. The van der Waals surface area contributed by atoms with Crippen LogP contribution >= 0.6 is 0 Å². The number of hydrogen-bond donors (Lipinski definition) is 2.